The van der Waals surface area contributed by atoms with E-state index in [0.29, 0.717) is 27.5 Å². The minimum atomic E-state index is 0.519. The van der Waals surface area contributed by atoms with Crippen molar-refractivity contribution in [2.24, 2.45) is 5.92 Å². The van der Waals surface area contributed by atoms with Gasteiger partial charge in [0.2, 0.25) is 0 Å². The first-order valence-corrected chi connectivity index (χ1v) is 10.7. The molecule has 1 fully saturated rings. The molecule has 28 heavy (non-hydrogen) atoms. The molecule has 0 aliphatic carbocycles. The maximum absolute atomic E-state index is 6.29. The van der Waals surface area contributed by atoms with Crippen molar-refractivity contribution in [1.29, 1.82) is 0 Å². The Morgan fingerprint density at radius 3 is 2.79 bits per heavy atom. The van der Waals surface area contributed by atoms with Crippen LogP contribution in [0.25, 0.3) is 17.1 Å². The maximum Gasteiger partial charge on any atom is 0.196 e. The summed E-state index contributed by atoms with van der Waals surface area (Å²) in [5, 5.41) is 10.9. The van der Waals surface area contributed by atoms with Crippen LogP contribution in [0.3, 0.4) is 0 Å². The lowest BCUT2D eigenvalue weighted by Gasteiger charge is -2.15. The van der Waals surface area contributed by atoms with E-state index in [1.54, 1.807) is 24.9 Å². The smallest absolute Gasteiger partial charge is 0.196 e. The van der Waals surface area contributed by atoms with E-state index < -0.39 is 0 Å². The van der Waals surface area contributed by atoms with E-state index in [1.165, 1.54) is 0 Å². The first-order valence-electron chi connectivity index (χ1n) is 8.91. The third-order valence-electron chi connectivity index (χ3n) is 4.57. The van der Waals surface area contributed by atoms with Crippen molar-refractivity contribution in [3.05, 3.63) is 52.5 Å². The molecule has 0 N–H and O–H groups in total. The van der Waals surface area contributed by atoms with E-state index in [9.17, 15) is 0 Å². The normalized spacial score (nSPS) is 16.5. The fourth-order valence-electron chi connectivity index (χ4n) is 3.14. The molecule has 0 radical (unpaired) electrons. The molecule has 1 aliphatic rings. The summed E-state index contributed by atoms with van der Waals surface area (Å²) in [6.07, 6.45) is 1.07. The second kappa shape index (κ2) is 8.74. The molecule has 3 aromatic rings. The van der Waals surface area contributed by atoms with Crippen LogP contribution in [0.1, 0.15) is 6.42 Å². The van der Waals surface area contributed by atoms with Crippen LogP contribution in [-0.2, 0) is 4.74 Å². The average molecular weight is 436 g/mol. The monoisotopic (exact) mass is 435 g/mol. The van der Waals surface area contributed by atoms with Gasteiger partial charge in [-0.25, -0.2) is 0 Å². The Bertz CT molecular complexity index is 974. The van der Waals surface area contributed by atoms with Crippen molar-refractivity contribution < 1.29 is 9.47 Å². The minimum Gasteiger partial charge on any atom is -0.495 e. The zero-order chi connectivity index (χ0) is 19.5. The summed E-state index contributed by atoms with van der Waals surface area (Å²) in [7, 11) is 1.64. The summed E-state index contributed by atoms with van der Waals surface area (Å²) >= 11 is 14.2. The number of nitrogens with zero attached hydrogens (tertiary/aromatic N) is 3. The van der Waals surface area contributed by atoms with Gasteiger partial charge in [0.25, 0.3) is 0 Å². The predicted octanol–water partition coefficient (Wildman–Crippen LogP) is 5.38. The Balaban J connectivity index is 1.80. The molecule has 1 unspecified atom stereocenters. The Labute approximate surface area is 178 Å². The average Bonchev–Trinajstić information content (AvgIpc) is 3.36. The number of rotatable bonds is 6. The van der Waals surface area contributed by atoms with Crippen molar-refractivity contribution in [2.45, 2.75) is 11.6 Å². The number of aromatic nitrogens is 3. The van der Waals surface area contributed by atoms with Gasteiger partial charge in [0.15, 0.2) is 11.0 Å². The second-order valence-corrected chi connectivity index (χ2v) is 8.37. The van der Waals surface area contributed by atoms with Gasteiger partial charge in [0.05, 0.1) is 19.4 Å². The van der Waals surface area contributed by atoms with Gasteiger partial charge >= 0.3 is 0 Å². The van der Waals surface area contributed by atoms with Gasteiger partial charge in [-0.15, -0.1) is 10.2 Å². The molecule has 0 amide bonds. The van der Waals surface area contributed by atoms with Crippen molar-refractivity contribution in [3.63, 3.8) is 0 Å². The Hall–Kier alpha value is -1.73. The second-order valence-electron chi connectivity index (χ2n) is 6.51. The molecular formula is C20H19Cl2N3O2S. The van der Waals surface area contributed by atoms with Crippen LogP contribution in [-0.4, -0.2) is 40.8 Å². The van der Waals surface area contributed by atoms with E-state index in [-0.39, 0.29) is 0 Å². The highest BCUT2D eigenvalue weighted by molar-refractivity contribution is 7.99. The molecule has 1 saturated heterocycles. The molecule has 8 heteroatoms. The molecule has 146 valence electrons. The van der Waals surface area contributed by atoms with Gasteiger partial charge in [-0.05, 0) is 42.7 Å². The molecule has 1 atom stereocenters. The van der Waals surface area contributed by atoms with E-state index in [0.717, 1.165) is 41.8 Å². The van der Waals surface area contributed by atoms with E-state index in [4.69, 9.17) is 32.7 Å². The summed E-state index contributed by atoms with van der Waals surface area (Å²) < 4.78 is 13.1. The van der Waals surface area contributed by atoms with Crippen LogP contribution in [0.5, 0.6) is 5.75 Å². The SMILES string of the molecule is COc1ccc(Cl)cc1-n1c(SCC2CCOC2)nnc1-c1cccc(Cl)c1. The van der Waals surface area contributed by atoms with Gasteiger partial charge in [0, 0.05) is 28.0 Å². The summed E-state index contributed by atoms with van der Waals surface area (Å²) in [5.41, 5.74) is 1.67. The Kier molecular flexibility index (Phi) is 6.11. The number of methoxy groups -OCH3 is 1. The van der Waals surface area contributed by atoms with Crippen molar-refractivity contribution in [1.82, 2.24) is 14.8 Å². The minimum absolute atomic E-state index is 0.519. The van der Waals surface area contributed by atoms with E-state index in [1.807, 2.05) is 41.0 Å². The summed E-state index contributed by atoms with van der Waals surface area (Å²) in [4.78, 5) is 0. The molecule has 0 saturated carbocycles. The van der Waals surface area contributed by atoms with Crippen LogP contribution >= 0.6 is 35.0 Å². The molecule has 4 rings (SSSR count). The third kappa shape index (κ3) is 4.15. The largest absolute Gasteiger partial charge is 0.495 e. The highest BCUT2D eigenvalue weighted by Crippen LogP contribution is 2.35. The van der Waals surface area contributed by atoms with Crippen molar-refractivity contribution in [2.75, 3.05) is 26.1 Å². The van der Waals surface area contributed by atoms with Gasteiger partial charge < -0.3 is 9.47 Å². The molecule has 2 aromatic carbocycles. The highest BCUT2D eigenvalue weighted by atomic mass is 35.5. The molecule has 0 bridgehead atoms. The molecule has 1 aromatic heterocycles. The number of hydrogen-bond donors (Lipinski definition) is 0. The van der Waals surface area contributed by atoms with Gasteiger partial charge in [0.1, 0.15) is 5.75 Å². The van der Waals surface area contributed by atoms with Gasteiger partial charge in [-0.1, -0.05) is 47.1 Å². The zero-order valence-corrected chi connectivity index (χ0v) is 17.6. The lowest BCUT2D eigenvalue weighted by atomic mass is 10.2. The zero-order valence-electron chi connectivity index (χ0n) is 15.3. The maximum atomic E-state index is 6.29. The Morgan fingerprint density at radius 1 is 1.18 bits per heavy atom. The quantitative estimate of drug-likeness (QED) is 0.486. The first kappa shape index (κ1) is 19.6. The fourth-order valence-corrected chi connectivity index (χ4v) is 4.56. The summed E-state index contributed by atoms with van der Waals surface area (Å²) in [5.74, 6) is 2.81. The third-order valence-corrected chi connectivity index (χ3v) is 6.20. The molecule has 5 nitrogen and oxygen atoms in total. The van der Waals surface area contributed by atoms with Crippen LogP contribution in [0.2, 0.25) is 10.0 Å². The van der Waals surface area contributed by atoms with E-state index >= 15 is 0 Å². The molecular weight excluding hydrogens is 417 g/mol. The number of benzene rings is 2. The van der Waals surface area contributed by atoms with Crippen molar-refractivity contribution >= 4 is 35.0 Å². The molecule has 0 spiro atoms. The van der Waals surface area contributed by atoms with Crippen molar-refractivity contribution in [3.8, 4) is 22.8 Å². The van der Waals surface area contributed by atoms with Crippen LogP contribution in [0.15, 0.2) is 47.6 Å². The van der Waals surface area contributed by atoms with Crippen LogP contribution in [0.4, 0.5) is 0 Å². The highest BCUT2D eigenvalue weighted by Gasteiger charge is 2.22. The van der Waals surface area contributed by atoms with Crippen LogP contribution < -0.4 is 4.74 Å². The first-order chi connectivity index (χ1) is 13.7. The lowest BCUT2D eigenvalue weighted by Crippen LogP contribution is -2.06. The predicted molar refractivity (Wildman–Crippen MR) is 113 cm³/mol. The van der Waals surface area contributed by atoms with Crippen LogP contribution in [0, 0.1) is 5.92 Å². The topological polar surface area (TPSA) is 49.2 Å². The van der Waals surface area contributed by atoms with Gasteiger partial charge in [-0.2, -0.15) is 0 Å². The molecule has 2 heterocycles. The number of thioether (sulfide) groups is 1. The summed E-state index contributed by atoms with van der Waals surface area (Å²) in [6, 6.07) is 13.1. The fraction of sp³-hybridized carbons (Fsp3) is 0.300. The standard InChI is InChI=1S/C20H19Cl2N3O2S/c1-26-18-6-5-16(22)10-17(18)25-19(14-3-2-4-15(21)9-14)23-24-20(25)28-12-13-7-8-27-11-13/h2-6,9-10,13H,7-8,11-12H2,1H3. The molecule has 1 aliphatic heterocycles. The lowest BCUT2D eigenvalue weighted by molar-refractivity contribution is 0.189. The van der Waals surface area contributed by atoms with E-state index in [2.05, 4.69) is 10.2 Å². The Morgan fingerprint density at radius 2 is 2.04 bits per heavy atom. The number of halogens is 2. The number of ether oxygens (including phenoxy) is 2. The van der Waals surface area contributed by atoms with Gasteiger partial charge in [-0.3, -0.25) is 4.57 Å². The number of hydrogen-bond acceptors (Lipinski definition) is 5. The summed E-state index contributed by atoms with van der Waals surface area (Å²) in [6.45, 7) is 1.62.